The number of carbonyl (C=O) groups is 4. The summed E-state index contributed by atoms with van der Waals surface area (Å²) in [5.41, 5.74) is 1.07. The number of anilines is 1. The van der Waals surface area contributed by atoms with E-state index in [2.05, 4.69) is 5.32 Å². The van der Waals surface area contributed by atoms with Gasteiger partial charge in [0.1, 0.15) is 6.54 Å². The van der Waals surface area contributed by atoms with Crippen molar-refractivity contribution in [1.29, 1.82) is 0 Å². The van der Waals surface area contributed by atoms with Crippen LogP contribution in [0.3, 0.4) is 0 Å². The normalized spacial score (nSPS) is 12.8. The molecule has 4 rings (SSSR count). The molecular weight excluding hydrogens is 372 g/mol. The third-order valence-corrected chi connectivity index (χ3v) is 4.56. The molecule has 1 heterocycles. The van der Waals surface area contributed by atoms with Crippen molar-refractivity contribution in [3.8, 4) is 0 Å². The van der Waals surface area contributed by atoms with Gasteiger partial charge in [-0.25, -0.2) is 0 Å². The van der Waals surface area contributed by atoms with Gasteiger partial charge in [-0.2, -0.15) is 0 Å². The van der Waals surface area contributed by atoms with Crippen LogP contribution >= 0.6 is 0 Å². The van der Waals surface area contributed by atoms with Crippen LogP contribution in [0, 0.1) is 0 Å². The lowest BCUT2D eigenvalue weighted by atomic mass is 10.1. The summed E-state index contributed by atoms with van der Waals surface area (Å²) < 4.78 is 4.92. The van der Waals surface area contributed by atoms with Gasteiger partial charge < -0.3 is 10.1 Å². The minimum absolute atomic E-state index is 0.249. The Morgan fingerprint density at radius 1 is 0.828 bits per heavy atom. The molecule has 0 bridgehead atoms. The lowest BCUT2D eigenvalue weighted by molar-refractivity contribution is -0.147. The number of nitrogens with one attached hydrogen (secondary N) is 1. The zero-order valence-electron chi connectivity index (χ0n) is 15.3. The van der Waals surface area contributed by atoms with Crippen LogP contribution in [-0.2, 0) is 14.3 Å². The Kier molecular flexibility index (Phi) is 4.78. The number of carbonyl (C=O) groups excluding carboxylic acids is 4. The Morgan fingerprint density at radius 3 is 2.14 bits per heavy atom. The van der Waals surface area contributed by atoms with Crippen LogP contribution in [-0.4, -0.2) is 41.7 Å². The molecule has 29 heavy (non-hydrogen) atoms. The van der Waals surface area contributed by atoms with Crippen molar-refractivity contribution in [1.82, 2.24) is 4.90 Å². The zero-order valence-corrected chi connectivity index (χ0v) is 15.3. The van der Waals surface area contributed by atoms with E-state index in [-0.39, 0.29) is 11.1 Å². The number of imide groups is 1. The number of fused-ring (bicyclic) bond motifs is 2. The highest BCUT2D eigenvalue weighted by Gasteiger charge is 2.36. The van der Waals surface area contributed by atoms with E-state index in [1.54, 1.807) is 18.2 Å². The first-order valence-corrected chi connectivity index (χ1v) is 8.92. The minimum Gasteiger partial charge on any atom is -0.454 e. The number of benzene rings is 3. The van der Waals surface area contributed by atoms with Gasteiger partial charge in [0.2, 0.25) is 0 Å². The molecule has 1 N–H and O–H groups in total. The molecule has 0 aliphatic carbocycles. The fourth-order valence-electron chi connectivity index (χ4n) is 3.17. The van der Waals surface area contributed by atoms with Gasteiger partial charge in [0.05, 0.1) is 11.1 Å². The summed E-state index contributed by atoms with van der Waals surface area (Å²) in [5.74, 6) is -2.46. The first-order chi connectivity index (χ1) is 14.0. The third-order valence-electron chi connectivity index (χ3n) is 4.56. The number of nitrogens with zero attached hydrogens (tertiary/aromatic N) is 1. The summed E-state index contributed by atoms with van der Waals surface area (Å²) in [7, 11) is 0. The molecule has 3 amide bonds. The quantitative estimate of drug-likeness (QED) is 0.536. The van der Waals surface area contributed by atoms with Crippen molar-refractivity contribution < 1.29 is 23.9 Å². The molecule has 0 atom stereocenters. The number of esters is 1. The standard InChI is InChI=1S/C22H16N2O5/c25-19(23-16-10-9-14-5-1-2-6-15(14)11-16)13-29-20(26)12-24-21(27)17-7-3-4-8-18(17)22(24)28/h1-11H,12-13H2,(H,23,25). The first-order valence-electron chi connectivity index (χ1n) is 8.92. The number of hydrogen-bond acceptors (Lipinski definition) is 5. The highest BCUT2D eigenvalue weighted by molar-refractivity contribution is 6.22. The summed E-state index contributed by atoms with van der Waals surface area (Å²) >= 11 is 0. The van der Waals surface area contributed by atoms with E-state index in [1.165, 1.54) is 12.1 Å². The number of rotatable bonds is 5. The van der Waals surface area contributed by atoms with Crippen molar-refractivity contribution in [2.45, 2.75) is 0 Å². The second-order valence-electron chi connectivity index (χ2n) is 6.51. The van der Waals surface area contributed by atoms with Crippen molar-refractivity contribution in [2.75, 3.05) is 18.5 Å². The molecule has 1 aliphatic heterocycles. The Morgan fingerprint density at radius 2 is 1.45 bits per heavy atom. The Bertz CT molecular complexity index is 1120. The molecule has 3 aromatic rings. The number of amides is 3. The van der Waals surface area contributed by atoms with Crippen LogP contribution < -0.4 is 5.32 Å². The van der Waals surface area contributed by atoms with Gasteiger partial charge in [0.15, 0.2) is 6.61 Å². The van der Waals surface area contributed by atoms with Gasteiger partial charge >= 0.3 is 5.97 Å². The molecule has 3 aromatic carbocycles. The van der Waals surface area contributed by atoms with E-state index < -0.39 is 36.8 Å². The highest BCUT2D eigenvalue weighted by Crippen LogP contribution is 2.22. The van der Waals surface area contributed by atoms with Crippen LogP contribution in [0.15, 0.2) is 66.7 Å². The minimum atomic E-state index is -0.840. The average Bonchev–Trinajstić information content (AvgIpc) is 2.97. The number of hydrogen-bond donors (Lipinski definition) is 1. The Hall–Kier alpha value is -4.00. The highest BCUT2D eigenvalue weighted by atomic mass is 16.5. The third kappa shape index (κ3) is 3.70. The maximum absolute atomic E-state index is 12.2. The summed E-state index contributed by atoms with van der Waals surface area (Å²) in [4.78, 5) is 49.4. The molecule has 144 valence electrons. The predicted molar refractivity (Wildman–Crippen MR) is 105 cm³/mol. The van der Waals surface area contributed by atoms with E-state index >= 15 is 0 Å². The largest absolute Gasteiger partial charge is 0.454 e. The molecule has 7 heteroatoms. The zero-order chi connectivity index (χ0) is 20.4. The van der Waals surface area contributed by atoms with Crippen LogP contribution in [0.25, 0.3) is 10.8 Å². The monoisotopic (exact) mass is 388 g/mol. The van der Waals surface area contributed by atoms with E-state index in [0.29, 0.717) is 5.69 Å². The van der Waals surface area contributed by atoms with Gasteiger partial charge in [-0.1, -0.05) is 42.5 Å². The maximum atomic E-state index is 12.2. The molecule has 0 saturated carbocycles. The van der Waals surface area contributed by atoms with Crippen molar-refractivity contribution in [3.63, 3.8) is 0 Å². The van der Waals surface area contributed by atoms with E-state index in [1.807, 2.05) is 36.4 Å². The molecule has 0 saturated heterocycles. The Labute approximate surface area is 165 Å². The summed E-state index contributed by atoms with van der Waals surface area (Å²) in [6, 6.07) is 19.5. The lowest BCUT2D eigenvalue weighted by Crippen LogP contribution is -2.36. The SMILES string of the molecule is O=C(COC(=O)CN1C(=O)c2ccccc2C1=O)Nc1ccc2ccccc2c1. The average molecular weight is 388 g/mol. The topological polar surface area (TPSA) is 92.8 Å². The van der Waals surface area contributed by atoms with Crippen LogP contribution in [0.2, 0.25) is 0 Å². The summed E-state index contributed by atoms with van der Waals surface area (Å²) in [6.45, 7) is -1.07. The van der Waals surface area contributed by atoms with Gasteiger partial charge in [-0.05, 0) is 35.0 Å². The lowest BCUT2D eigenvalue weighted by Gasteiger charge is -2.13. The molecule has 0 unspecified atom stereocenters. The van der Waals surface area contributed by atoms with Gasteiger partial charge in [-0.15, -0.1) is 0 Å². The number of ether oxygens (including phenoxy) is 1. The van der Waals surface area contributed by atoms with Crippen molar-refractivity contribution in [3.05, 3.63) is 77.9 Å². The summed E-state index contributed by atoms with van der Waals surface area (Å²) in [5, 5.41) is 4.66. The molecule has 0 radical (unpaired) electrons. The molecule has 1 aliphatic rings. The Balaban J connectivity index is 1.32. The fourth-order valence-corrected chi connectivity index (χ4v) is 3.17. The molecular formula is C22H16N2O5. The van der Waals surface area contributed by atoms with Crippen LogP contribution in [0.5, 0.6) is 0 Å². The molecule has 0 spiro atoms. The smallest absolute Gasteiger partial charge is 0.326 e. The van der Waals surface area contributed by atoms with Crippen molar-refractivity contribution >= 4 is 40.2 Å². The predicted octanol–water partition coefficient (Wildman–Crippen LogP) is 2.62. The van der Waals surface area contributed by atoms with E-state index in [9.17, 15) is 19.2 Å². The van der Waals surface area contributed by atoms with Crippen molar-refractivity contribution in [2.24, 2.45) is 0 Å². The summed E-state index contributed by atoms with van der Waals surface area (Å²) in [6.07, 6.45) is 0. The second-order valence-corrected chi connectivity index (χ2v) is 6.51. The van der Waals surface area contributed by atoms with Crippen LogP contribution in [0.4, 0.5) is 5.69 Å². The van der Waals surface area contributed by atoms with Gasteiger partial charge in [0.25, 0.3) is 17.7 Å². The maximum Gasteiger partial charge on any atom is 0.326 e. The molecule has 0 aromatic heterocycles. The van der Waals surface area contributed by atoms with E-state index in [4.69, 9.17) is 4.74 Å². The molecule has 0 fully saturated rings. The molecule has 7 nitrogen and oxygen atoms in total. The van der Waals surface area contributed by atoms with Gasteiger partial charge in [0, 0.05) is 5.69 Å². The van der Waals surface area contributed by atoms with Crippen LogP contribution in [0.1, 0.15) is 20.7 Å². The first kappa shape index (κ1) is 18.4. The van der Waals surface area contributed by atoms with E-state index in [0.717, 1.165) is 15.7 Å². The fraction of sp³-hybridized carbons (Fsp3) is 0.0909. The van der Waals surface area contributed by atoms with Gasteiger partial charge in [-0.3, -0.25) is 24.1 Å². The second kappa shape index (κ2) is 7.55.